The van der Waals surface area contributed by atoms with E-state index in [0.717, 1.165) is 21.6 Å². The standard InChI is InChI=1S/C20H21N5O3S/c1-11-4-5-14(18(21)25(3)20(27)28)10-16(11)13-6-8-15(9-7-13)22-19(26)17-12(2)23-24-29-17/h4-10,12,17,21H,1-3H3,(H,22,26)(H,27,28). The van der Waals surface area contributed by atoms with E-state index in [9.17, 15) is 9.59 Å². The van der Waals surface area contributed by atoms with Crippen molar-refractivity contribution in [2.45, 2.75) is 25.1 Å². The first-order valence-electron chi connectivity index (χ1n) is 8.91. The third kappa shape index (κ3) is 4.45. The lowest BCUT2D eigenvalue weighted by molar-refractivity contribution is -0.115. The van der Waals surface area contributed by atoms with Crippen LogP contribution in [-0.2, 0) is 4.79 Å². The molecule has 0 aliphatic carbocycles. The third-order valence-electron chi connectivity index (χ3n) is 4.68. The summed E-state index contributed by atoms with van der Waals surface area (Å²) in [6.45, 7) is 3.80. The molecule has 1 aliphatic rings. The van der Waals surface area contributed by atoms with Crippen molar-refractivity contribution in [3.63, 3.8) is 0 Å². The predicted molar refractivity (Wildman–Crippen MR) is 114 cm³/mol. The number of hydrogen-bond acceptors (Lipinski definition) is 6. The topological polar surface area (TPSA) is 118 Å². The second-order valence-corrected chi connectivity index (χ2v) is 7.63. The summed E-state index contributed by atoms with van der Waals surface area (Å²) in [4.78, 5) is 24.3. The second kappa shape index (κ2) is 8.44. The summed E-state index contributed by atoms with van der Waals surface area (Å²) in [5.74, 6) is -0.231. The second-order valence-electron chi connectivity index (χ2n) is 6.75. The van der Waals surface area contributed by atoms with Gasteiger partial charge in [0.05, 0.1) is 6.04 Å². The first kappa shape index (κ1) is 20.5. The van der Waals surface area contributed by atoms with Crippen LogP contribution < -0.4 is 5.32 Å². The van der Waals surface area contributed by atoms with Gasteiger partial charge in [0, 0.05) is 30.2 Å². The number of aryl methyl sites for hydroxylation is 1. The summed E-state index contributed by atoms with van der Waals surface area (Å²) >= 11 is 1.17. The van der Waals surface area contributed by atoms with E-state index in [-0.39, 0.29) is 23.0 Å². The third-order valence-corrected chi connectivity index (χ3v) is 5.71. The summed E-state index contributed by atoms with van der Waals surface area (Å²) in [6.07, 6.45) is -1.19. The van der Waals surface area contributed by atoms with Gasteiger partial charge in [0.25, 0.3) is 0 Å². The molecule has 29 heavy (non-hydrogen) atoms. The molecule has 2 aromatic rings. The Morgan fingerprint density at radius 3 is 2.48 bits per heavy atom. The number of amidine groups is 1. The first-order valence-corrected chi connectivity index (χ1v) is 9.75. The van der Waals surface area contributed by atoms with E-state index in [1.165, 1.54) is 19.0 Å². The van der Waals surface area contributed by atoms with Gasteiger partial charge in [0.2, 0.25) is 5.91 Å². The minimum Gasteiger partial charge on any atom is -0.465 e. The highest BCUT2D eigenvalue weighted by atomic mass is 32.2. The molecule has 9 heteroatoms. The van der Waals surface area contributed by atoms with Crippen molar-refractivity contribution in [2.24, 2.45) is 9.63 Å². The maximum atomic E-state index is 12.3. The zero-order valence-corrected chi connectivity index (χ0v) is 17.0. The Hall–Kier alpha value is -3.20. The molecule has 1 heterocycles. The number of nitrogens with one attached hydrogen (secondary N) is 2. The Morgan fingerprint density at radius 1 is 1.21 bits per heavy atom. The van der Waals surface area contributed by atoms with Gasteiger partial charge < -0.3 is 10.4 Å². The quantitative estimate of drug-likeness (QED) is 0.392. The molecular weight excluding hydrogens is 390 g/mol. The maximum absolute atomic E-state index is 12.3. The lowest BCUT2D eigenvalue weighted by atomic mass is 9.97. The minimum atomic E-state index is -1.19. The summed E-state index contributed by atoms with van der Waals surface area (Å²) < 4.78 is 3.84. The molecule has 0 fully saturated rings. The van der Waals surface area contributed by atoms with E-state index >= 15 is 0 Å². The molecule has 0 spiro atoms. The van der Waals surface area contributed by atoms with Crippen molar-refractivity contribution in [1.82, 2.24) is 4.90 Å². The molecule has 0 saturated carbocycles. The molecule has 1 aliphatic heterocycles. The van der Waals surface area contributed by atoms with E-state index in [1.54, 1.807) is 12.1 Å². The summed E-state index contributed by atoms with van der Waals surface area (Å²) in [7, 11) is 1.34. The molecule has 2 amide bonds. The van der Waals surface area contributed by atoms with Crippen molar-refractivity contribution < 1.29 is 14.7 Å². The molecule has 0 aromatic heterocycles. The van der Waals surface area contributed by atoms with Crippen LogP contribution in [0.2, 0.25) is 0 Å². The number of carbonyl (C=O) groups excluding carboxylic acids is 1. The van der Waals surface area contributed by atoms with Gasteiger partial charge >= 0.3 is 6.09 Å². The van der Waals surface area contributed by atoms with Crippen LogP contribution in [0, 0.1) is 12.3 Å². The Bertz CT molecular complexity index is 990. The van der Waals surface area contributed by atoms with Crippen LogP contribution in [0.15, 0.2) is 52.1 Å². The maximum Gasteiger partial charge on any atom is 0.412 e. The van der Waals surface area contributed by atoms with E-state index in [2.05, 4.69) is 15.0 Å². The van der Waals surface area contributed by atoms with Crippen LogP contribution in [-0.4, -0.2) is 46.2 Å². The Labute approximate surface area is 172 Å². The van der Waals surface area contributed by atoms with E-state index in [0.29, 0.717) is 11.3 Å². The molecule has 8 nitrogen and oxygen atoms in total. The summed E-state index contributed by atoms with van der Waals surface area (Å²) in [5, 5.41) is 23.7. The number of benzene rings is 2. The van der Waals surface area contributed by atoms with Crippen molar-refractivity contribution in [2.75, 3.05) is 12.4 Å². The summed E-state index contributed by atoms with van der Waals surface area (Å²) in [5.41, 5.74) is 3.97. The predicted octanol–water partition coefficient (Wildman–Crippen LogP) is 4.41. The van der Waals surface area contributed by atoms with Gasteiger partial charge in [-0.05, 0) is 48.7 Å². The van der Waals surface area contributed by atoms with Crippen molar-refractivity contribution in [3.05, 3.63) is 53.6 Å². The molecule has 0 bridgehead atoms. The van der Waals surface area contributed by atoms with Gasteiger partial charge in [-0.15, -0.1) is 4.52 Å². The van der Waals surface area contributed by atoms with Gasteiger partial charge in [-0.2, -0.15) is 5.11 Å². The SMILES string of the molecule is Cc1ccc(C(=N)N(C)C(=O)O)cc1-c1ccc(NC(=O)C2SN=NC2C)cc1. The number of nitrogens with zero attached hydrogens (tertiary/aromatic N) is 3. The average Bonchev–Trinajstić information content (AvgIpc) is 3.14. The molecule has 150 valence electrons. The Balaban J connectivity index is 1.79. The van der Waals surface area contributed by atoms with E-state index in [1.807, 2.05) is 44.2 Å². The van der Waals surface area contributed by atoms with Crippen molar-refractivity contribution in [1.29, 1.82) is 5.41 Å². The highest BCUT2D eigenvalue weighted by Crippen LogP contribution is 2.29. The smallest absolute Gasteiger partial charge is 0.412 e. The first-order chi connectivity index (χ1) is 13.8. The number of hydrogen-bond donors (Lipinski definition) is 3. The van der Waals surface area contributed by atoms with Gasteiger partial charge in [-0.1, -0.05) is 24.3 Å². The molecule has 2 unspecified atom stereocenters. The molecule has 3 N–H and O–H groups in total. The zero-order chi connectivity index (χ0) is 21.1. The number of carboxylic acid groups (broad SMARTS) is 1. The van der Waals surface area contributed by atoms with Crippen molar-refractivity contribution in [3.8, 4) is 11.1 Å². The van der Waals surface area contributed by atoms with Gasteiger partial charge in [-0.25, -0.2) is 4.79 Å². The summed E-state index contributed by atoms with van der Waals surface area (Å²) in [6, 6.07) is 12.6. The highest BCUT2D eigenvalue weighted by molar-refractivity contribution is 7.99. The van der Waals surface area contributed by atoms with Crippen LogP contribution in [0.4, 0.5) is 10.5 Å². The molecule has 2 atom stereocenters. The molecule has 0 radical (unpaired) electrons. The number of carbonyl (C=O) groups is 2. The fraction of sp³-hybridized carbons (Fsp3) is 0.250. The van der Waals surface area contributed by atoms with Crippen LogP contribution in [0.5, 0.6) is 0 Å². The lowest BCUT2D eigenvalue weighted by Gasteiger charge is -2.16. The monoisotopic (exact) mass is 411 g/mol. The molecule has 3 rings (SSSR count). The molecular formula is C20H21N5O3S. The zero-order valence-electron chi connectivity index (χ0n) is 16.2. The van der Waals surface area contributed by atoms with E-state index in [4.69, 9.17) is 10.5 Å². The number of rotatable bonds is 4. The average molecular weight is 411 g/mol. The Morgan fingerprint density at radius 2 is 1.90 bits per heavy atom. The van der Waals surface area contributed by atoms with Crippen LogP contribution >= 0.6 is 11.9 Å². The molecule has 2 aromatic carbocycles. The highest BCUT2D eigenvalue weighted by Gasteiger charge is 2.30. The van der Waals surface area contributed by atoms with E-state index < -0.39 is 6.09 Å². The fourth-order valence-electron chi connectivity index (χ4n) is 2.88. The van der Waals surface area contributed by atoms with Crippen LogP contribution in [0.25, 0.3) is 11.1 Å². The number of amides is 2. The van der Waals surface area contributed by atoms with Gasteiger partial charge in [0.1, 0.15) is 11.1 Å². The fourth-order valence-corrected chi connectivity index (χ4v) is 3.57. The van der Waals surface area contributed by atoms with Gasteiger partial charge in [0.15, 0.2) is 0 Å². The molecule has 0 saturated heterocycles. The Kier molecular flexibility index (Phi) is 5.97. The number of anilines is 1. The lowest BCUT2D eigenvalue weighted by Crippen LogP contribution is -2.31. The van der Waals surface area contributed by atoms with Crippen LogP contribution in [0.3, 0.4) is 0 Å². The van der Waals surface area contributed by atoms with Crippen molar-refractivity contribution >= 4 is 35.5 Å². The van der Waals surface area contributed by atoms with Gasteiger partial charge in [-0.3, -0.25) is 15.1 Å². The minimum absolute atomic E-state index is 0.0957. The normalized spacial score (nSPS) is 17.8. The largest absolute Gasteiger partial charge is 0.465 e. The van der Waals surface area contributed by atoms with Crippen LogP contribution in [0.1, 0.15) is 18.1 Å².